The molecule has 47 nitrogen and oxygen atoms in total. The van der Waals surface area contributed by atoms with Crippen molar-refractivity contribution < 1.29 is 167 Å². The van der Waals surface area contributed by atoms with Gasteiger partial charge >= 0.3 is 5.97 Å². The predicted molar refractivity (Wildman–Crippen MR) is 375 cm³/mol. The molecule has 7 heterocycles. The molecule has 0 radical (unpaired) electrons. The molecule has 12 amide bonds. The first-order valence-corrected chi connectivity index (χ1v) is 37.2. The molecule has 7 rings (SSSR count). The summed E-state index contributed by atoms with van der Waals surface area (Å²) in [6.45, 7) is 1.73. The maximum atomic E-state index is 15.2. The Morgan fingerprint density at radius 2 is 1.11 bits per heavy atom. The molecule has 24 N–H and O–H groups in total. The number of aliphatic hydroxyl groups is 12. The van der Waals surface area contributed by atoms with E-state index >= 15 is 4.79 Å². The Balaban J connectivity index is 1.26. The van der Waals surface area contributed by atoms with Crippen molar-refractivity contribution in [1.82, 2.24) is 62.6 Å². The number of hydrogen-bond donors (Lipinski definition) is 23. The highest BCUT2D eigenvalue weighted by molar-refractivity contribution is 5.98. The number of likely N-dealkylation sites (N-methyl/N-ethyl adjacent to an activating group) is 1. The van der Waals surface area contributed by atoms with Gasteiger partial charge in [-0.3, -0.25) is 57.5 Å². The van der Waals surface area contributed by atoms with E-state index in [1.165, 1.54) is 23.6 Å². The molecule has 7 saturated heterocycles. The highest BCUT2D eigenvalue weighted by Gasteiger charge is 2.61. The summed E-state index contributed by atoms with van der Waals surface area (Å²) in [6, 6.07) is -16.5. The minimum atomic E-state index is -3.34. The number of primary amides is 1. The molecule has 646 valence electrons. The van der Waals surface area contributed by atoms with Gasteiger partial charge in [0.25, 0.3) is 5.79 Å². The molecule has 0 aromatic heterocycles. The van der Waals surface area contributed by atoms with E-state index in [2.05, 4.69) is 47.9 Å². The molecule has 7 aliphatic heterocycles. The molecule has 7 aliphatic rings. The number of carbonyl (C=O) groups excluding carboxylic acids is 12. The molecule has 0 spiro atoms. The molecule has 0 aromatic carbocycles. The van der Waals surface area contributed by atoms with Crippen LogP contribution in [0.15, 0.2) is 0 Å². The van der Waals surface area contributed by atoms with Crippen LogP contribution in [0.2, 0.25) is 0 Å². The number of ether oxygens (including phenoxy) is 8. The summed E-state index contributed by atoms with van der Waals surface area (Å²) >= 11 is 0. The van der Waals surface area contributed by atoms with Crippen LogP contribution in [-0.4, -0.2) is 407 Å². The van der Waals surface area contributed by atoms with Gasteiger partial charge in [0.1, 0.15) is 134 Å². The van der Waals surface area contributed by atoms with Crippen LogP contribution in [0.5, 0.6) is 0 Å². The summed E-state index contributed by atoms with van der Waals surface area (Å²) in [5, 5.41) is 166. The van der Waals surface area contributed by atoms with Crippen molar-refractivity contribution in [3.63, 3.8) is 0 Å². The van der Waals surface area contributed by atoms with Crippen molar-refractivity contribution in [2.45, 2.75) is 276 Å². The van der Waals surface area contributed by atoms with E-state index in [0.29, 0.717) is 12.8 Å². The highest BCUT2D eigenvalue weighted by Crippen LogP contribution is 2.40. The maximum absolute atomic E-state index is 15.2. The third-order valence-corrected chi connectivity index (χ3v) is 20.8. The van der Waals surface area contributed by atoms with Crippen molar-refractivity contribution in [2.24, 2.45) is 5.73 Å². The van der Waals surface area contributed by atoms with Gasteiger partial charge in [-0.25, -0.2) is 4.79 Å². The van der Waals surface area contributed by atoms with E-state index in [-0.39, 0.29) is 45.3 Å². The fourth-order valence-corrected chi connectivity index (χ4v) is 14.6. The molecular weight excluding hydrogens is 1530 g/mol. The van der Waals surface area contributed by atoms with Crippen LogP contribution in [0, 0.1) is 0 Å². The van der Waals surface area contributed by atoms with E-state index in [4.69, 9.17) is 43.6 Å². The van der Waals surface area contributed by atoms with Crippen molar-refractivity contribution in [1.29, 1.82) is 0 Å². The summed E-state index contributed by atoms with van der Waals surface area (Å²) in [5.41, 5.74) is 5.37. The van der Waals surface area contributed by atoms with Crippen LogP contribution in [0.4, 0.5) is 0 Å². The standard InChI is InChI=1S/C67H109N13O34/c1-25(55(68)97)71-58(100)34-13-10-16-79(34)62(104)35-14-11-17-80(35)61(103)27(3)72-59(101)42(77-56(98)32(20-81)76-41(90)19-70-57(99)33-12-9-15-78(33)60(102)26(2)69-8)28(4)108-64-45(75-31(7)87)52(49(94)40(111-64)24-107-63-44(74-30(6)86)50(95)47(92)38(22-83)109-63)112-65-51(96)54(48(93)39(23-84)110-65)114-67(66(105)106)18-36(88)43(73-29(5)85)53(113-67)46(91)37(89)21-82/h25-28,32-40,42-54,63-65,69,81-84,88-89,91-96H,9-24H2,1-8H3,(H2,68,97)(H,70,99)(H,71,100)(H,72,101)(H,73,85)(H,74,86)(H,75,87)(H,76,90)(H,77,98)(H,105,106)/t25?,26?,27?,28?,32?,33?,34?,35?,36?,37-,38?,39?,40?,42?,43-,44+,45+,46-,47-,48+,49+,50?,51+,52?,53?,54?,63-,64+,65+,67+/m1/s1. The molecule has 0 aliphatic carbocycles. The number of nitrogens with two attached hydrogens (primary N) is 1. The monoisotopic (exact) mass is 1640 g/mol. The smallest absolute Gasteiger partial charge is 0.364 e. The lowest BCUT2D eigenvalue weighted by Gasteiger charge is -2.51. The molecular formula is C67H109N13O34. The predicted octanol–water partition coefficient (Wildman–Crippen LogP) is -14.5. The number of nitrogens with zero attached hydrogens (tertiary/aromatic N) is 3. The number of hydrogen-bond acceptors (Lipinski definition) is 34. The second-order valence-corrected chi connectivity index (χ2v) is 29.1. The number of aliphatic carboxylic acids is 1. The van der Waals surface area contributed by atoms with Crippen molar-refractivity contribution >= 4 is 76.9 Å². The number of aliphatic hydroxyl groups excluding tert-OH is 12. The Bertz CT molecular complexity index is 3390. The average molecular weight is 1640 g/mol. The summed E-state index contributed by atoms with van der Waals surface area (Å²) in [4.78, 5) is 180. The molecule has 0 aromatic rings. The maximum Gasteiger partial charge on any atom is 0.364 e. The van der Waals surface area contributed by atoms with Crippen molar-refractivity contribution in [3.05, 3.63) is 0 Å². The quantitative estimate of drug-likeness (QED) is 0.0280. The van der Waals surface area contributed by atoms with Gasteiger partial charge in [0.05, 0.1) is 63.9 Å². The molecule has 0 saturated carbocycles. The first-order chi connectivity index (χ1) is 53.7. The second-order valence-electron chi connectivity index (χ2n) is 29.1. The van der Waals surface area contributed by atoms with Gasteiger partial charge in [0.2, 0.25) is 70.9 Å². The van der Waals surface area contributed by atoms with Crippen molar-refractivity contribution in [3.8, 4) is 0 Å². The fraction of sp³-hybridized carbons (Fsp3) is 0.806. The third kappa shape index (κ3) is 22.3. The SMILES string of the molecule is CNC(C)C(=O)N1CCCC1C(=O)NCC(=O)NC(CO)C(=O)NC(C(=O)NC(C)C(=O)N1CCCC1C(=O)N1CCCC1C(=O)NC(C)C(N)=O)C(C)O[C@H]1OC(CO[C@@H]2OC(CO)[C@@H](O)C(O)[C@@H]2NC(C)=O)[C@H](O)C(O[C@@H]2OC(CO)[C@H](O)C(O[C@]3(C(=O)O)CC(O)[C@@H](NC(C)=O)C([C@H](O)[C@H](O)CO)O3)[C@@H]2O)[C@@H]1NC(C)=O. The Kier molecular flexibility index (Phi) is 33.9. The summed E-state index contributed by atoms with van der Waals surface area (Å²) in [6.07, 6.45) is -38.6. The zero-order chi connectivity index (χ0) is 84.8. The molecule has 0 bridgehead atoms. The zero-order valence-corrected chi connectivity index (χ0v) is 63.9. The number of amides is 12. The Morgan fingerprint density at radius 3 is 1.68 bits per heavy atom. The van der Waals surface area contributed by atoms with Gasteiger partial charge in [0, 0.05) is 46.8 Å². The number of nitrogens with one attached hydrogen (secondary N) is 9. The van der Waals surface area contributed by atoms with Crippen LogP contribution < -0.4 is 53.6 Å². The van der Waals surface area contributed by atoms with Crippen LogP contribution in [0.3, 0.4) is 0 Å². The van der Waals surface area contributed by atoms with Crippen LogP contribution in [0.1, 0.15) is 93.4 Å². The number of carboxylic acids is 1. The van der Waals surface area contributed by atoms with E-state index in [0.717, 1.165) is 32.6 Å². The number of carbonyl (C=O) groups is 13. The van der Waals surface area contributed by atoms with Gasteiger partial charge in [-0.15, -0.1) is 0 Å². The number of rotatable bonds is 35. The van der Waals surface area contributed by atoms with E-state index in [1.54, 1.807) is 14.0 Å². The van der Waals surface area contributed by atoms with Gasteiger partial charge in [0.15, 0.2) is 18.9 Å². The lowest BCUT2D eigenvalue weighted by Crippen LogP contribution is -2.71. The first kappa shape index (κ1) is 93.4. The minimum Gasteiger partial charge on any atom is -0.477 e. The summed E-state index contributed by atoms with van der Waals surface area (Å²) in [5.74, 6) is -16.3. The lowest BCUT2D eigenvalue weighted by molar-refractivity contribution is -0.382. The van der Waals surface area contributed by atoms with Crippen LogP contribution >= 0.6 is 0 Å². The van der Waals surface area contributed by atoms with E-state index in [1.807, 2.05) is 0 Å². The van der Waals surface area contributed by atoms with Gasteiger partial charge in [-0.1, -0.05) is 0 Å². The molecule has 17 unspecified atom stereocenters. The molecule has 47 heteroatoms. The highest BCUT2D eigenvalue weighted by atomic mass is 16.8. The summed E-state index contributed by atoms with van der Waals surface area (Å²) < 4.78 is 48.2. The van der Waals surface area contributed by atoms with E-state index in [9.17, 15) is 124 Å². The van der Waals surface area contributed by atoms with Gasteiger partial charge in [-0.05, 0) is 73.3 Å². The van der Waals surface area contributed by atoms with Gasteiger partial charge < -0.3 is 173 Å². The molecule has 30 atom stereocenters. The first-order valence-electron chi connectivity index (χ1n) is 37.2. The van der Waals surface area contributed by atoms with Gasteiger partial charge in [-0.2, -0.15) is 0 Å². The fourth-order valence-electron chi connectivity index (χ4n) is 14.6. The summed E-state index contributed by atoms with van der Waals surface area (Å²) in [7, 11) is 1.54. The van der Waals surface area contributed by atoms with Crippen molar-refractivity contribution in [2.75, 3.05) is 66.3 Å². The molecule has 114 heavy (non-hydrogen) atoms. The number of likely N-dealkylation sites (tertiary alicyclic amines) is 3. The molecule has 7 fully saturated rings. The average Bonchev–Trinajstić information content (AvgIpc) is 1.06. The largest absolute Gasteiger partial charge is 0.477 e. The van der Waals surface area contributed by atoms with Crippen LogP contribution in [-0.2, 0) is 100 Å². The Morgan fingerprint density at radius 1 is 0.570 bits per heavy atom. The Hall–Kier alpha value is -7.73. The second kappa shape index (κ2) is 41.4. The third-order valence-electron chi connectivity index (χ3n) is 20.8. The normalized spacial score (nSPS) is 33.8. The number of carboxylic acid groups (broad SMARTS) is 1. The zero-order valence-electron chi connectivity index (χ0n) is 63.9. The van der Waals surface area contributed by atoms with Crippen LogP contribution in [0.25, 0.3) is 0 Å². The minimum absolute atomic E-state index is 0.0669. The van der Waals surface area contributed by atoms with E-state index < -0.39 is 306 Å². The lowest BCUT2D eigenvalue weighted by atomic mass is 9.88. The topological polar surface area (TPSA) is 703 Å². The Labute approximate surface area is 652 Å².